The van der Waals surface area contributed by atoms with E-state index in [1.54, 1.807) is 12.1 Å². The van der Waals surface area contributed by atoms with Crippen LogP contribution in [0.3, 0.4) is 0 Å². The van der Waals surface area contributed by atoms with Crippen molar-refractivity contribution in [2.24, 2.45) is 5.10 Å². The fourth-order valence-corrected chi connectivity index (χ4v) is 2.20. The van der Waals surface area contributed by atoms with Gasteiger partial charge < -0.3 is 14.6 Å². The molecule has 0 saturated carbocycles. The fraction of sp³-hybridized carbons (Fsp3) is 0.467. The van der Waals surface area contributed by atoms with Gasteiger partial charge in [-0.15, -0.1) is 0 Å². The zero-order chi connectivity index (χ0) is 18.8. The minimum absolute atomic E-state index is 0.0205. The third-order valence-electron chi connectivity index (χ3n) is 3.57. The summed E-state index contributed by atoms with van der Waals surface area (Å²) in [5.74, 6) is -0.419. The van der Waals surface area contributed by atoms with E-state index in [0.29, 0.717) is 5.75 Å². The molecule has 6 nitrogen and oxygen atoms in total. The summed E-state index contributed by atoms with van der Waals surface area (Å²) in [4.78, 5) is 12.3. The van der Waals surface area contributed by atoms with Crippen molar-refractivity contribution in [3.05, 3.63) is 24.3 Å². The van der Waals surface area contributed by atoms with Crippen LogP contribution in [0.1, 0.15) is 13.3 Å². The van der Waals surface area contributed by atoms with Gasteiger partial charge in [-0.25, -0.2) is 17.6 Å². The van der Waals surface area contributed by atoms with Gasteiger partial charge in [0.2, 0.25) is 5.72 Å². The van der Waals surface area contributed by atoms with Gasteiger partial charge in [0, 0.05) is 6.42 Å². The third kappa shape index (κ3) is 3.84. The van der Waals surface area contributed by atoms with Crippen LogP contribution in [0.25, 0.3) is 0 Å². The van der Waals surface area contributed by atoms with Gasteiger partial charge in [-0.2, -0.15) is 10.1 Å². The van der Waals surface area contributed by atoms with E-state index in [1.165, 1.54) is 26.2 Å². The Morgan fingerprint density at radius 1 is 1.24 bits per heavy atom. The molecule has 25 heavy (non-hydrogen) atoms. The molecule has 0 radical (unpaired) electrons. The number of hydrazone groups is 1. The van der Waals surface area contributed by atoms with Crippen LogP contribution >= 0.6 is 0 Å². The highest BCUT2D eigenvalue weighted by Gasteiger charge is 2.54. The Bertz CT molecular complexity index is 653. The summed E-state index contributed by atoms with van der Waals surface area (Å²) in [7, 11) is 1.46. The van der Waals surface area contributed by atoms with E-state index in [-0.39, 0.29) is 10.8 Å². The molecule has 1 aliphatic rings. The van der Waals surface area contributed by atoms with Crippen molar-refractivity contribution >= 4 is 11.6 Å². The Kier molecular flexibility index (Phi) is 5.51. The summed E-state index contributed by atoms with van der Waals surface area (Å²) >= 11 is 0. The number of rotatable bonds is 6. The monoisotopic (exact) mass is 364 g/mol. The first-order valence-electron chi connectivity index (χ1n) is 7.20. The van der Waals surface area contributed by atoms with Crippen LogP contribution in [-0.2, 0) is 4.79 Å². The topological polar surface area (TPSA) is 71.4 Å². The second-order valence-corrected chi connectivity index (χ2v) is 5.33. The van der Waals surface area contributed by atoms with Gasteiger partial charge in [0.25, 0.3) is 18.8 Å². The van der Waals surface area contributed by atoms with E-state index in [9.17, 15) is 27.5 Å². The van der Waals surface area contributed by atoms with Crippen LogP contribution in [0, 0.1) is 0 Å². The summed E-state index contributed by atoms with van der Waals surface area (Å²) < 4.78 is 62.0. The van der Waals surface area contributed by atoms with Crippen LogP contribution < -0.4 is 9.47 Å². The van der Waals surface area contributed by atoms with Crippen molar-refractivity contribution in [1.82, 2.24) is 5.01 Å². The number of carbonyl (C=O) groups is 1. The first-order valence-corrected chi connectivity index (χ1v) is 7.20. The highest BCUT2D eigenvalue weighted by Crippen LogP contribution is 2.34. The molecule has 0 saturated heterocycles. The molecule has 0 aliphatic carbocycles. The molecule has 1 amide bonds. The number of amides is 1. The average Bonchev–Trinajstić information content (AvgIpc) is 2.94. The number of nitrogens with zero attached hydrogens (tertiary/aromatic N) is 2. The molecule has 0 bridgehead atoms. The number of hydrogen-bond donors (Lipinski definition) is 1. The number of halogens is 4. The van der Waals surface area contributed by atoms with Gasteiger partial charge in [-0.05, 0) is 31.2 Å². The highest BCUT2D eigenvalue weighted by molar-refractivity contribution is 5.93. The molecular weight excluding hydrogens is 348 g/mol. The SMILES string of the molecule is COc1ccc(O[C@@H](C)C(=O)N2N=C(C(F)F)C[C@@]2(O)C(F)F)cc1. The molecule has 0 unspecified atom stereocenters. The summed E-state index contributed by atoms with van der Waals surface area (Å²) in [5, 5.41) is 13.1. The Morgan fingerprint density at radius 3 is 2.28 bits per heavy atom. The normalized spacial score (nSPS) is 21.5. The van der Waals surface area contributed by atoms with Crippen molar-refractivity contribution in [2.45, 2.75) is 38.0 Å². The van der Waals surface area contributed by atoms with Gasteiger partial charge in [0.1, 0.15) is 17.2 Å². The molecule has 138 valence electrons. The number of benzene rings is 1. The molecule has 0 fully saturated rings. The highest BCUT2D eigenvalue weighted by atomic mass is 19.3. The van der Waals surface area contributed by atoms with Crippen molar-refractivity contribution in [3.63, 3.8) is 0 Å². The second kappa shape index (κ2) is 7.26. The third-order valence-corrected chi connectivity index (χ3v) is 3.57. The molecule has 0 aromatic heterocycles. The average molecular weight is 364 g/mol. The molecule has 1 N–H and O–H groups in total. The van der Waals surface area contributed by atoms with Crippen molar-refractivity contribution in [1.29, 1.82) is 0 Å². The number of hydrogen-bond acceptors (Lipinski definition) is 5. The van der Waals surface area contributed by atoms with E-state index >= 15 is 0 Å². The van der Waals surface area contributed by atoms with Crippen LogP contribution in [0.5, 0.6) is 11.5 Å². The molecular formula is C15H16F4N2O4. The molecule has 1 aromatic carbocycles. The number of methoxy groups -OCH3 is 1. The van der Waals surface area contributed by atoms with Crippen molar-refractivity contribution in [2.75, 3.05) is 7.11 Å². The largest absolute Gasteiger partial charge is 0.497 e. The van der Waals surface area contributed by atoms with Crippen molar-refractivity contribution in [3.8, 4) is 11.5 Å². The second-order valence-electron chi connectivity index (χ2n) is 5.33. The first-order chi connectivity index (χ1) is 11.7. The molecule has 2 atom stereocenters. The quantitative estimate of drug-likeness (QED) is 0.786. The zero-order valence-electron chi connectivity index (χ0n) is 13.3. The van der Waals surface area contributed by atoms with E-state index in [1.807, 2.05) is 0 Å². The predicted octanol–water partition coefficient (Wildman–Crippen LogP) is 2.27. The minimum atomic E-state index is -3.48. The Balaban J connectivity index is 2.17. The lowest BCUT2D eigenvalue weighted by molar-refractivity contribution is -0.196. The molecule has 1 aliphatic heterocycles. The zero-order valence-corrected chi connectivity index (χ0v) is 13.3. The van der Waals surface area contributed by atoms with Gasteiger partial charge in [0.15, 0.2) is 6.10 Å². The van der Waals surface area contributed by atoms with Crippen LogP contribution in [0.15, 0.2) is 29.4 Å². The molecule has 1 heterocycles. The summed E-state index contributed by atoms with van der Waals surface area (Å²) in [6.45, 7) is 1.23. The van der Waals surface area contributed by atoms with E-state index < -0.39 is 42.7 Å². The maximum absolute atomic E-state index is 13.1. The standard InChI is InChI=1S/C15H16F4N2O4/c1-8(25-10-5-3-9(24-2)4-6-10)13(22)21-15(23,14(18)19)7-11(20-21)12(16)17/h3-6,8,12,14,23H,7H2,1-2H3/t8-,15+/m0/s1. The number of alkyl halides is 4. The van der Waals surface area contributed by atoms with Gasteiger partial charge >= 0.3 is 0 Å². The lowest BCUT2D eigenvalue weighted by atomic mass is 10.1. The fourth-order valence-electron chi connectivity index (χ4n) is 2.20. The Hall–Kier alpha value is -2.36. The van der Waals surface area contributed by atoms with Crippen LogP contribution in [0.4, 0.5) is 17.6 Å². The lowest BCUT2D eigenvalue weighted by Crippen LogP contribution is -2.54. The smallest absolute Gasteiger partial charge is 0.287 e. The Morgan fingerprint density at radius 2 is 1.80 bits per heavy atom. The minimum Gasteiger partial charge on any atom is -0.497 e. The summed E-state index contributed by atoms with van der Waals surface area (Å²) in [5.41, 5.74) is -4.12. The maximum atomic E-state index is 13.1. The van der Waals surface area contributed by atoms with E-state index in [0.717, 1.165) is 0 Å². The van der Waals surface area contributed by atoms with Crippen LogP contribution in [-0.4, -0.2) is 53.5 Å². The Labute approximate surface area is 140 Å². The maximum Gasteiger partial charge on any atom is 0.287 e. The number of aliphatic hydroxyl groups is 1. The molecule has 0 spiro atoms. The predicted molar refractivity (Wildman–Crippen MR) is 78.9 cm³/mol. The lowest BCUT2D eigenvalue weighted by Gasteiger charge is -2.31. The number of ether oxygens (including phenoxy) is 2. The van der Waals surface area contributed by atoms with E-state index in [2.05, 4.69) is 5.10 Å². The van der Waals surface area contributed by atoms with Crippen LogP contribution in [0.2, 0.25) is 0 Å². The number of carbonyl (C=O) groups excluding carboxylic acids is 1. The molecule has 2 rings (SSSR count). The summed E-state index contributed by atoms with van der Waals surface area (Å²) in [6, 6.07) is 6.04. The molecule has 1 aromatic rings. The van der Waals surface area contributed by atoms with Gasteiger partial charge in [-0.1, -0.05) is 0 Å². The van der Waals surface area contributed by atoms with Gasteiger partial charge in [-0.3, -0.25) is 4.79 Å². The first kappa shape index (κ1) is 19.0. The molecule has 10 heteroatoms. The van der Waals surface area contributed by atoms with E-state index in [4.69, 9.17) is 9.47 Å². The van der Waals surface area contributed by atoms with Gasteiger partial charge in [0.05, 0.1) is 7.11 Å². The summed E-state index contributed by atoms with van der Waals surface area (Å²) in [6.07, 6.45) is -9.13. The van der Waals surface area contributed by atoms with Crippen molar-refractivity contribution < 1.29 is 36.9 Å².